The van der Waals surface area contributed by atoms with E-state index in [1.807, 2.05) is 13.8 Å². The Morgan fingerprint density at radius 1 is 1.38 bits per heavy atom. The molecule has 7 nitrogen and oxygen atoms in total. The van der Waals surface area contributed by atoms with Crippen molar-refractivity contribution in [1.82, 2.24) is 15.2 Å². The van der Waals surface area contributed by atoms with Crippen LogP contribution in [0.3, 0.4) is 0 Å². The third-order valence-electron chi connectivity index (χ3n) is 3.45. The van der Waals surface area contributed by atoms with Crippen LogP contribution >= 0.6 is 23.1 Å². The first-order valence-electron chi connectivity index (χ1n) is 7.44. The van der Waals surface area contributed by atoms with Gasteiger partial charge in [-0.1, -0.05) is 23.1 Å². The number of carbonyl (C=O) groups excluding carboxylic acids is 2. The molecule has 0 aliphatic rings. The minimum absolute atomic E-state index is 0.0871. The molecule has 24 heavy (non-hydrogen) atoms. The fourth-order valence-electron chi connectivity index (χ4n) is 2.29. The summed E-state index contributed by atoms with van der Waals surface area (Å²) in [5.74, 6) is -0.532. The maximum Gasteiger partial charge on any atom is 0.339 e. The summed E-state index contributed by atoms with van der Waals surface area (Å²) in [6, 6.07) is 0. The summed E-state index contributed by atoms with van der Waals surface area (Å²) in [6.07, 6.45) is 0. The summed E-state index contributed by atoms with van der Waals surface area (Å²) in [6.45, 7) is 8.06. The number of thioether (sulfide) groups is 1. The van der Waals surface area contributed by atoms with Crippen molar-refractivity contribution >= 4 is 40.0 Å². The molecule has 0 aliphatic carbocycles. The predicted molar refractivity (Wildman–Crippen MR) is 95.3 cm³/mol. The van der Waals surface area contributed by atoms with Gasteiger partial charge in [0.2, 0.25) is 5.13 Å². The van der Waals surface area contributed by atoms with Crippen LogP contribution in [0.2, 0.25) is 0 Å². The number of aromatic amines is 1. The van der Waals surface area contributed by atoms with E-state index in [-0.39, 0.29) is 11.0 Å². The topological polar surface area (TPSA) is 97.0 Å². The fourth-order valence-corrected chi connectivity index (χ4v) is 4.32. The van der Waals surface area contributed by atoms with E-state index in [0.29, 0.717) is 22.5 Å². The molecule has 2 N–H and O–H groups in total. The number of carbonyl (C=O) groups is 2. The Labute approximate surface area is 148 Å². The van der Waals surface area contributed by atoms with E-state index in [4.69, 9.17) is 4.74 Å². The van der Waals surface area contributed by atoms with Crippen molar-refractivity contribution in [3.05, 3.63) is 22.5 Å². The first-order chi connectivity index (χ1) is 11.4. The molecule has 0 radical (unpaired) electrons. The highest BCUT2D eigenvalue weighted by atomic mass is 32.2. The van der Waals surface area contributed by atoms with Gasteiger partial charge in [-0.2, -0.15) is 0 Å². The van der Waals surface area contributed by atoms with Crippen molar-refractivity contribution in [3.63, 3.8) is 0 Å². The van der Waals surface area contributed by atoms with E-state index < -0.39 is 5.97 Å². The number of ketones is 1. The third kappa shape index (κ3) is 3.78. The summed E-state index contributed by atoms with van der Waals surface area (Å²) in [7, 11) is 1.32. The van der Waals surface area contributed by atoms with E-state index in [1.54, 1.807) is 13.8 Å². The second kappa shape index (κ2) is 7.80. The van der Waals surface area contributed by atoms with Gasteiger partial charge in [-0.25, -0.2) is 4.79 Å². The van der Waals surface area contributed by atoms with Gasteiger partial charge >= 0.3 is 5.97 Å². The zero-order valence-corrected chi connectivity index (χ0v) is 15.9. The van der Waals surface area contributed by atoms with Crippen molar-refractivity contribution in [1.29, 1.82) is 0 Å². The van der Waals surface area contributed by atoms with Crippen LogP contribution in [-0.4, -0.2) is 45.8 Å². The number of Topliss-reactive ketones (excluding diaryl/α,β-unsaturated/α-hetero) is 1. The average Bonchev–Trinajstić information content (AvgIpc) is 3.10. The zero-order valence-electron chi connectivity index (χ0n) is 14.2. The Balaban J connectivity index is 2.17. The van der Waals surface area contributed by atoms with Crippen LogP contribution in [0.5, 0.6) is 0 Å². The lowest BCUT2D eigenvalue weighted by molar-refractivity contribution is 0.0599. The van der Waals surface area contributed by atoms with Crippen molar-refractivity contribution in [2.45, 2.75) is 37.3 Å². The van der Waals surface area contributed by atoms with Crippen LogP contribution in [0.25, 0.3) is 0 Å². The van der Waals surface area contributed by atoms with Gasteiger partial charge in [-0.15, -0.1) is 10.2 Å². The number of H-pyrrole nitrogens is 1. The van der Waals surface area contributed by atoms with Gasteiger partial charge in [0.25, 0.3) is 0 Å². The van der Waals surface area contributed by atoms with E-state index in [0.717, 1.165) is 16.0 Å². The molecule has 2 heterocycles. The third-order valence-corrected chi connectivity index (χ3v) is 5.52. The minimum Gasteiger partial charge on any atom is -0.465 e. The number of anilines is 1. The number of ether oxygens (including phenoxy) is 1. The van der Waals surface area contributed by atoms with Gasteiger partial charge < -0.3 is 15.0 Å². The number of nitrogens with one attached hydrogen (secondary N) is 2. The molecule has 0 amide bonds. The number of rotatable bonds is 7. The molecule has 2 aromatic heterocycles. The number of aryl methyl sites for hydroxylation is 1. The van der Waals surface area contributed by atoms with Gasteiger partial charge in [0.05, 0.1) is 23.6 Å². The van der Waals surface area contributed by atoms with Crippen LogP contribution in [0, 0.1) is 13.8 Å². The van der Waals surface area contributed by atoms with Gasteiger partial charge in [0.15, 0.2) is 10.1 Å². The number of nitrogens with zero attached hydrogens (tertiary/aromatic N) is 2. The van der Waals surface area contributed by atoms with E-state index in [1.165, 1.54) is 30.2 Å². The summed E-state index contributed by atoms with van der Waals surface area (Å²) >= 11 is 2.76. The van der Waals surface area contributed by atoms with Crippen LogP contribution < -0.4 is 5.32 Å². The highest BCUT2D eigenvalue weighted by Gasteiger charge is 2.26. The molecule has 1 atom stereocenters. The summed E-state index contributed by atoms with van der Waals surface area (Å²) in [5, 5.41) is 11.6. The average molecular weight is 368 g/mol. The number of hydrogen-bond donors (Lipinski definition) is 2. The number of aromatic nitrogens is 3. The zero-order chi connectivity index (χ0) is 17.9. The van der Waals surface area contributed by atoms with Crippen molar-refractivity contribution in [3.8, 4) is 0 Å². The van der Waals surface area contributed by atoms with E-state index in [2.05, 4.69) is 20.5 Å². The normalized spacial score (nSPS) is 12.0. The van der Waals surface area contributed by atoms with Crippen molar-refractivity contribution < 1.29 is 14.3 Å². The van der Waals surface area contributed by atoms with Crippen LogP contribution in [0.1, 0.15) is 46.0 Å². The molecule has 0 unspecified atom stereocenters. The Morgan fingerprint density at radius 3 is 2.71 bits per heavy atom. The predicted octanol–water partition coefficient (Wildman–Crippen LogP) is 3.06. The molecule has 0 aromatic carbocycles. The van der Waals surface area contributed by atoms with Crippen LogP contribution in [0.15, 0.2) is 4.34 Å². The lowest BCUT2D eigenvalue weighted by Gasteiger charge is -2.07. The molecule has 9 heteroatoms. The number of esters is 1. The first-order valence-corrected chi connectivity index (χ1v) is 9.14. The van der Waals surface area contributed by atoms with Gasteiger partial charge in [-0.05, 0) is 33.3 Å². The standard InChI is InChI=1S/C15H20N4O3S2/c1-6-16-14-18-19-15(24-14)23-9(4)12(20)11-7(2)10(8(3)17-11)13(21)22-5/h9,17H,6H2,1-5H3,(H,16,18)/t9-/m1/s1. The maximum atomic E-state index is 12.7. The number of methoxy groups -OCH3 is 1. The Morgan fingerprint density at radius 2 is 2.08 bits per heavy atom. The van der Waals surface area contributed by atoms with Gasteiger partial charge in [-0.3, -0.25) is 4.79 Å². The number of hydrogen-bond acceptors (Lipinski definition) is 8. The quantitative estimate of drug-likeness (QED) is 0.440. The summed E-state index contributed by atoms with van der Waals surface area (Å²) < 4.78 is 5.50. The molecule has 2 aromatic rings. The minimum atomic E-state index is -0.444. The molecular formula is C15H20N4O3S2. The van der Waals surface area contributed by atoms with Crippen LogP contribution in [-0.2, 0) is 4.74 Å². The Kier molecular flexibility index (Phi) is 6.00. The van der Waals surface area contributed by atoms with Gasteiger partial charge in [0.1, 0.15) is 0 Å². The van der Waals surface area contributed by atoms with Gasteiger partial charge in [0, 0.05) is 12.2 Å². The Bertz CT molecular complexity index is 754. The maximum absolute atomic E-state index is 12.7. The second-order valence-electron chi connectivity index (χ2n) is 5.14. The fraction of sp³-hybridized carbons (Fsp3) is 0.467. The molecule has 0 spiro atoms. The largest absolute Gasteiger partial charge is 0.465 e. The highest BCUT2D eigenvalue weighted by Crippen LogP contribution is 2.31. The lowest BCUT2D eigenvalue weighted by Crippen LogP contribution is -2.15. The molecule has 0 aliphatic heterocycles. The molecule has 130 valence electrons. The van der Waals surface area contributed by atoms with Crippen molar-refractivity contribution in [2.75, 3.05) is 19.0 Å². The highest BCUT2D eigenvalue weighted by molar-refractivity contribution is 8.02. The Hall–Kier alpha value is -1.87. The van der Waals surface area contributed by atoms with E-state index in [9.17, 15) is 9.59 Å². The molecule has 0 saturated heterocycles. The molecular weight excluding hydrogens is 348 g/mol. The summed E-state index contributed by atoms with van der Waals surface area (Å²) in [4.78, 5) is 27.6. The molecule has 0 fully saturated rings. The van der Waals surface area contributed by atoms with Crippen molar-refractivity contribution in [2.24, 2.45) is 0 Å². The molecule has 2 rings (SSSR count). The summed E-state index contributed by atoms with van der Waals surface area (Å²) in [5.41, 5.74) is 2.10. The smallest absolute Gasteiger partial charge is 0.339 e. The molecule has 0 bridgehead atoms. The van der Waals surface area contributed by atoms with Crippen LogP contribution in [0.4, 0.5) is 5.13 Å². The monoisotopic (exact) mass is 368 g/mol. The second-order valence-corrected chi connectivity index (χ2v) is 7.71. The first kappa shape index (κ1) is 18.5. The SMILES string of the molecule is CCNc1nnc(S[C@H](C)C(=O)c2[nH]c(C)c(C(=O)OC)c2C)s1. The lowest BCUT2D eigenvalue weighted by atomic mass is 10.1. The molecule has 0 saturated carbocycles. The van der Waals surface area contributed by atoms with E-state index >= 15 is 0 Å².